The fraction of sp³-hybridized carbons (Fsp3) is 0.235. The lowest BCUT2D eigenvalue weighted by atomic mass is 10.1. The maximum Gasteiger partial charge on any atom is 0.0953 e. The van der Waals surface area contributed by atoms with E-state index in [1.165, 1.54) is 9.75 Å². The zero-order valence-corrected chi connectivity index (χ0v) is 13.1. The number of thiophene rings is 1. The van der Waals surface area contributed by atoms with E-state index in [1.54, 1.807) is 6.20 Å². The van der Waals surface area contributed by atoms with Gasteiger partial charge in [0.15, 0.2) is 0 Å². The van der Waals surface area contributed by atoms with Gasteiger partial charge in [-0.2, -0.15) is 0 Å². The third-order valence-electron chi connectivity index (χ3n) is 3.51. The van der Waals surface area contributed by atoms with Gasteiger partial charge in [0.2, 0.25) is 0 Å². The van der Waals surface area contributed by atoms with Crippen LogP contribution in [0.1, 0.15) is 16.7 Å². The van der Waals surface area contributed by atoms with Gasteiger partial charge in [0.1, 0.15) is 0 Å². The van der Waals surface area contributed by atoms with Crippen LogP contribution in [0.25, 0.3) is 10.9 Å². The Hall–Kier alpha value is -2.07. The fourth-order valence-corrected chi connectivity index (χ4v) is 3.54. The van der Waals surface area contributed by atoms with Gasteiger partial charge in [-0.3, -0.25) is 4.98 Å². The number of rotatable bonds is 4. The van der Waals surface area contributed by atoms with Crippen molar-refractivity contribution in [3.05, 3.63) is 52.3 Å². The van der Waals surface area contributed by atoms with Gasteiger partial charge in [0, 0.05) is 39.5 Å². The van der Waals surface area contributed by atoms with E-state index in [1.807, 2.05) is 35.6 Å². The number of nitrogens with zero attached hydrogens (tertiary/aromatic N) is 1. The summed E-state index contributed by atoms with van der Waals surface area (Å²) in [5.74, 6) is 0. The molecule has 0 saturated heterocycles. The molecule has 2 heterocycles. The van der Waals surface area contributed by atoms with Gasteiger partial charge in [-0.05, 0) is 50.2 Å². The summed E-state index contributed by atoms with van der Waals surface area (Å²) >= 11 is 1.86. The van der Waals surface area contributed by atoms with Gasteiger partial charge in [-0.1, -0.05) is 0 Å². The smallest absolute Gasteiger partial charge is 0.0953 e. The summed E-state index contributed by atoms with van der Waals surface area (Å²) in [4.78, 5) is 7.23. The van der Waals surface area contributed by atoms with Crippen LogP contribution in [0.15, 0.2) is 42.6 Å². The van der Waals surface area contributed by atoms with Crippen molar-refractivity contribution in [2.75, 3.05) is 11.1 Å². The number of hydrogen-bond donors (Lipinski definition) is 2. The van der Waals surface area contributed by atoms with Crippen molar-refractivity contribution in [2.24, 2.45) is 0 Å². The SMILES string of the molecule is Cc1ccc(CC(C)Nc2ccc(N)c3cccnc23)s1. The van der Waals surface area contributed by atoms with Gasteiger partial charge in [0.25, 0.3) is 0 Å². The molecule has 1 unspecified atom stereocenters. The van der Waals surface area contributed by atoms with Crippen LogP contribution in [0.5, 0.6) is 0 Å². The molecule has 3 nitrogen and oxygen atoms in total. The predicted molar refractivity (Wildman–Crippen MR) is 92.0 cm³/mol. The summed E-state index contributed by atoms with van der Waals surface area (Å²) in [6.45, 7) is 4.34. The molecular formula is C17H19N3S. The van der Waals surface area contributed by atoms with Gasteiger partial charge in [-0.15, -0.1) is 11.3 Å². The Morgan fingerprint density at radius 3 is 2.86 bits per heavy atom. The highest BCUT2D eigenvalue weighted by atomic mass is 32.1. The quantitative estimate of drug-likeness (QED) is 0.709. The van der Waals surface area contributed by atoms with E-state index in [9.17, 15) is 0 Å². The number of pyridine rings is 1. The number of nitrogens with one attached hydrogen (secondary N) is 1. The molecule has 0 saturated carbocycles. The lowest BCUT2D eigenvalue weighted by molar-refractivity contribution is 0.801. The van der Waals surface area contributed by atoms with Gasteiger partial charge in [0.05, 0.1) is 11.2 Å². The highest BCUT2D eigenvalue weighted by Crippen LogP contribution is 2.27. The van der Waals surface area contributed by atoms with Crippen LogP contribution < -0.4 is 11.1 Å². The first-order valence-corrected chi connectivity index (χ1v) is 7.90. The standard InChI is InChI=1S/C17H19N3S/c1-11(10-13-6-5-12(2)21-13)20-16-8-7-15(18)14-4-3-9-19-17(14)16/h3-9,11,20H,10,18H2,1-2H3. The summed E-state index contributed by atoms with van der Waals surface area (Å²) in [7, 11) is 0. The van der Waals surface area contributed by atoms with Crippen molar-refractivity contribution in [3.8, 4) is 0 Å². The molecule has 2 aromatic heterocycles. The molecule has 1 aromatic carbocycles. The topological polar surface area (TPSA) is 50.9 Å². The molecule has 3 aromatic rings. The first-order valence-electron chi connectivity index (χ1n) is 7.08. The normalized spacial score (nSPS) is 12.5. The number of nitrogen functional groups attached to an aromatic ring is 1. The predicted octanol–water partition coefficient (Wildman–Crippen LogP) is 4.23. The largest absolute Gasteiger partial charge is 0.398 e. The van der Waals surface area contributed by atoms with Gasteiger partial charge < -0.3 is 11.1 Å². The monoisotopic (exact) mass is 297 g/mol. The first-order chi connectivity index (χ1) is 10.1. The van der Waals surface area contributed by atoms with Crippen LogP contribution >= 0.6 is 11.3 Å². The molecule has 1 atom stereocenters. The molecule has 21 heavy (non-hydrogen) atoms. The highest BCUT2D eigenvalue weighted by Gasteiger charge is 2.09. The third-order valence-corrected chi connectivity index (χ3v) is 4.53. The van der Waals surface area contributed by atoms with Crippen molar-refractivity contribution in [2.45, 2.75) is 26.3 Å². The molecular weight excluding hydrogens is 278 g/mol. The number of aromatic nitrogens is 1. The summed E-state index contributed by atoms with van der Waals surface area (Å²) < 4.78 is 0. The minimum Gasteiger partial charge on any atom is -0.398 e. The van der Waals surface area contributed by atoms with Crippen molar-refractivity contribution in [1.29, 1.82) is 0 Å². The molecule has 3 N–H and O–H groups in total. The Balaban J connectivity index is 1.83. The van der Waals surface area contributed by atoms with E-state index >= 15 is 0 Å². The number of anilines is 2. The van der Waals surface area contributed by atoms with Crippen molar-refractivity contribution >= 4 is 33.6 Å². The number of fused-ring (bicyclic) bond motifs is 1. The maximum atomic E-state index is 6.02. The number of aryl methyl sites for hydroxylation is 1. The molecule has 0 aliphatic carbocycles. The van der Waals surface area contributed by atoms with E-state index < -0.39 is 0 Å². The highest BCUT2D eigenvalue weighted by molar-refractivity contribution is 7.11. The average molecular weight is 297 g/mol. The molecule has 0 amide bonds. The van der Waals surface area contributed by atoms with Crippen LogP contribution in [0.3, 0.4) is 0 Å². The Kier molecular flexibility index (Phi) is 3.80. The Labute approximate surface area is 128 Å². The number of nitrogens with two attached hydrogens (primary N) is 1. The lowest BCUT2D eigenvalue weighted by Gasteiger charge is -2.16. The van der Waals surface area contributed by atoms with Crippen LogP contribution in [0, 0.1) is 6.92 Å². The van der Waals surface area contributed by atoms with Gasteiger partial charge >= 0.3 is 0 Å². The van der Waals surface area contributed by atoms with Crippen LogP contribution in [0.4, 0.5) is 11.4 Å². The molecule has 0 aliphatic rings. The van der Waals surface area contributed by atoms with Crippen LogP contribution in [-0.2, 0) is 6.42 Å². The number of benzene rings is 1. The second kappa shape index (κ2) is 5.74. The first kappa shape index (κ1) is 13.9. The van der Waals surface area contributed by atoms with E-state index in [0.29, 0.717) is 6.04 Å². The zero-order chi connectivity index (χ0) is 14.8. The Morgan fingerprint density at radius 1 is 1.24 bits per heavy atom. The molecule has 0 radical (unpaired) electrons. The fourth-order valence-electron chi connectivity index (χ4n) is 2.52. The molecule has 108 valence electrons. The third kappa shape index (κ3) is 3.00. The molecule has 0 bridgehead atoms. The van der Waals surface area contributed by atoms with E-state index in [0.717, 1.165) is 28.7 Å². The summed E-state index contributed by atoms with van der Waals surface area (Å²) in [5, 5.41) is 4.56. The van der Waals surface area contributed by atoms with Gasteiger partial charge in [-0.25, -0.2) is 0 Å². The Bertz CT molecular complexity index is 764. The summed E-state index contributed by atoms with van der Waals surface area (Å²) in [6.07, 6.45) is 2.82. The summed E-state index contributed by atoms with van der Waals surface area (Å²) in [6, 6.07) is 12.6. The molecule has 0 spiro atoms. The van der Waals surface area contributed by atoms with E-state index in [4.69, 9.17) is 5.73 Å². The maximum absolute atomic E-state index is 6.02. The molecule has 4 heteroatoms. The molecule has 3 rings (SSSR count). The van der Waals surface area contributed by atoms with E-state index in [-0.39, 0.29) is 0 Å². The zero-order valence-electron chi connectivity index (χ0n) is 12.3. The molecule has 0 aliphatic heterocycles. The molecule has 0 fully saturated rings. The second-order valence-corrected chi connectivity index (χ2v) is 6.74. The summed E-state index contributed by atoms with van der Waals surface area (Å²) in [5.41, 5.74) is 8.76. The van der Waals surface area contributed by atoms with Crippen LogP contribution in [-0.4, -0.2) is 11.0 Å². The van der Waals surface area contributed by atoms with Crippen molar-refractivity contribution < 1.29 is 0 Å². The lowest BCUT2D eigenvalue weighted by Crippen LogP contribution is -2.18. The minimum absolute atomic E-state index is 0.344. The van der Waals surface area contributed by atoms with E-state index in [2.05, 4.69) is 36.3 Å². The number of hydrogen-bond acceptors (Lipinski definition) is 4. The van der Waals surface area contributed by atoms with Crippen LogP contribution in [0.2, 0.25) is 0 Å². The minimum atomic E-state index is 0.344. The second-order valence-electron chi connectivity index (χ2n) is 5.36. The van der Waals surface area contributed by atoms with Crippen molar-refractivity contribution in [3.63, 3.8) is 0 Å². The Morgan fingerprint density at radius 2 is 2.10 bits per heavy atom. The average Bonchev–Trinajstić information content (AvgIpc) is 2.87. The van der Waals surface area contributed by atoms with Crippen molar-refractivity contribution in [1.82, 2.24) is 4.98 Å².